The first-order chi connectivity index (χ1) is 17.4. The van der Waals surface area contributed by atoms with Gasteiger partial charge in [-0.2, -0.15) is 0 Å². The Balaban J connectivity index is 1.31. The molecule has 0 aliphatic heterocycles. The molecule has 0 spiro atoms. The fourth-order valence-corrected chi connectivity index (χ4v) is 4.26. The van der Waals surface area contributed by atoms with Crippen LogP contribution in [-0.2, 0) is 19.9 Å². The second-order valence-electron chi connectivity index (χ2n) is 9.19. The van der Waals surface area contributed by atoms with Gasteiger partial charge in [0.2, 0.25) is 0 Å². The standard InChI is InChI=1S/C31H33N3O2/c1-4-19-33(2)28-17-11-25(12-18-28)30(35)21-23-7-13-26(14-8-23)32-27-15-9-24(10-16-27)22-31(36)29-6-5-20-34(29)3/h5-18,20,32H,4,19,21-22H2,1-3H3. The number of rotatable bonds is 11. The molecule has 4 rings (SSSR count). The largest absolute Gasteiger partial charge is 0.375 e. The highest BCUT2D eigenvalue weighted by Crippen LogP contribution is 2.20. The molecule has 0 radical (unpaired) electrons. The Hall–Kier alpha value is -4.12. The molecule has 5 heteroatoms. The van der Waals surface area contributed by atoms with Crippen LogP contribution in [0.2, 0.25) is 0 Å². The van der Waals surface area contributed by atoms with E-state index in [-0.39, 0.29) is 11.6 Å². The number of carbonyl (C=O) groups excluding carboxylic acids is 2. The summed E-state index contributed by atoms with van der Waals surface area (Å²) >= 11 is 0. The first kappa shape index (κ1) is 25.0. The number of ketones is 2. The Morgan fingerprint density at radius 2 is 1.33 bits per heavy atom. The van der Waals surface area contributed by atoms with Crippen LogP contribution in [-0.4, -0.2) is 29.7 Å². The summed E-state index contributed by atoms with van der Waals surface area (Å²) in [5.41, 5.74) is 6.42. The second-order valence-corrected chi connectivity index (χ2v) is 9.19. The highest BCUT2D eigenvalue weighted by molar-refractivity contribution is 5.98. The lowest BCUT2D eigenvalue weighted by molar-refractivity contribution is 0.0980. The number of Topliss-reactive ketones (excluding diaryl/α,β-unsaturated/α-hetero) is 2. The van der Waals surface area contributed by atoms with Gasteiger partial charge in [-0.1, -0.05) is 31.2 Å². The van der Waals surface area contributed by atoms with Crippen LogP contribution in [0.1, 0.15) is 45.3 Å². The summed E-state index contributed by atoms with van der Waals surface area (Å²) in [6, 6.07) is 27.4. The molecule has 1 aromatic heterocycles. The Labute approximate surface area is 213 Å². The summed E-state index contributed by atoms with van der Waals surface area (Å²) in [5, 5.41) is 3.38. The minimum atomic E-state index is 0.105. The average Bonchev–Trinajstić information content (AvgIpc) is 3.32. The molecule has 3 aromatic carbocycles. The van der Waals surface area contributed by atoms with Gasteiger partial charge in [0.05, 0.1) is 5.69 Å². The molecule has 4 aromatic rings. The number of aryl methyl sites for hydroxylation is 1. The first-order valence-corrected chi connectivity index (χ1v) is 12.4. The molecule has 0 amide bonds. The van der Waals surface area contributed by atoms with Crippen molar-refractivity contribution in [1.82, 2.24) is 4.57 Å². The number of aromatic nitrogens is 1. The third kappa shape index (κ3) is 6.30. The molecule has 0 saturated carbocycles. The van der Waals surface area contributed by atoms with Crippen molar-refractivity contribution in [3.05, 3.63) is 114 Å². The van der Waals surface area contributed by atoms with Gasteiger partial charge >= 0.3 is 0 Å². The van der Waals surface area contributed by atoms with Gasteiger partial charge in [0.1, 0.15) is 0 Å². The normalized spacial score (nSPS) is 10.8. The smallest absolute Gasteiger partial charge is 0.183 e. The lowest BCUT2D eigenvalue weighted by atomic mass is 10.0. The van der Waals surface area contributed by atoms with Gasteiger partial charge in [-0.05, 0) is 78.2 Å². The zero-order valence-corrected chi connectivity index (χ0v) is 21.2. The zero-order valence-electron chi connectivity index (χ0n) is 21.2. The Kier molecular flexibility index (Phi) is 8.01. The topological polar surface area (TPSA) is 54.3 Å². The zero-order chi connectivity index (χ0) is 25.5. The molecule has 5 nitrogen and oxygen atoms in total. The molecule has 0 aliphatic rings. The molecule has 0 unspecified atom stereocenters. The Bertz CT molecular complexity index is 1300. The number of anilines is 3. The van der Waals surface area contributed by atoms with E-state index < -0.39 is 0 Å². The maximum Gasteiger partial charge on any atom is 0.183 e. The summed E-state index contributed by atoms with van der Waals surface area (Å²) < 4.78 is 1.85. The Morgan fingerprint density at radius 1 is 0.778 bits per heavy atom. The number of nitrogens with one attached hydrogen (secondary N) is 1. The maximum absolute atomic E-state index is 12.7. The van der Waals surface area contributed by atoms with Crippen LogP contribution in [0.15, 0.2) is 91.1 Å². The fourth-order valence-electron chi connectivity index (χ4n) is 4.26. The van der Waals surface area contributed by atoms with Crippen LogP contribution >= 0.6 is 0 Å². The number of hydrogen-bond acceptors (Lipinski definition) is 4. The third-order valence-corrected chi connectivity index (χ3v) is 6.34. The number of carbonyl (C=O) groups is 2. The van der Waals surface area contributed by atoms with Crippen molar-refractivity contribution in [3.63, 3.8) is 0 Å². The van der Waals surface area contributed by atoms with Crippen LogP contribution in [0.25, 0.3) is 0 Å². The molecule has 0 bridgehead atoms. The molecule has 184 valence electrons. The van der Waals surface area contributed by atoms with Gasteiger partial charge < -0.3 is 14.8 Å². The van der Waals surface area contributed by atoms with Crippen molar-refractivity contribution >= 4 is 28.6 Å². The molecular formula is C31H33N3O2. The average molecular weight is 480 g/mol. The van der Waals surface area contributed by atoms with Gasteiger partial charge in [0, 0.05) is 62.3 Å². The van der Waals surface area contributed by atoms with Gasteiger partial charge in [-0.3, -0.25) is 9.59 Å². The lowest BCUT2D eigenvalue weighted by Gasteiger charge is -2.18. The molecule has 0 atom stereocenters. The number of hydrogen-bond donors (Lipinski definition) is 1. The van der Waals surface area contributed by atoms with Crippen LogP contribution in [0.5, 0.6) is 0 Å². The SMILES string of the molecule is CCCN(C)c1ccc(C(=O)Cc2ccc(Nc3ccc(CC(=O)c4cccn4C)cc3)cc2)cc1. The minimum absolute atomic E-state index is 0.105. The quantitative estimate of drug-likeness (QED) is 0.251. The third-order valence-electron chi connectivity index (χ3n) is 6.34. The van der Waals surface area contributed by atoms with Crippen molar-refractivity contribution in [3.8, 4) is 0 Å². The summed E-state index contributed by atoms with van der Waals surface area (Å²) in [6.07, 6.45) is 3.71. The van der Waals surface area contributed by atoms with Crippen LogP contribution in [0.4, 0.5) is 17.1 Å². The van der Waals surface area contributed by atoms with Gasteiger partial charge in [-0.15, -0.1) is 0 Å². The van der Waals surface area contributed by atoms with E-state index in [0.29, 0.717) is 18.5 Å². The van der Waals surface area contributed by atoms with E-state index in [2.05, 4.69) is 24.2 Å². The Morgan fingerprint density at radius 3 is 1.83 bits per heavy atom. The highest BCUT2D eigenvalue weighted by atomic mass is 16.1. The molecular weight excluding hydrogens is 446 g/mol. The summed E-state index contributed by atoms with van der Waals surface area (Å²) in [7, 11) is 3.95. The maximum atomic E-state index is 12.7. The molecule has 1 heterocycles. The van der Waals surface area contributed by atoms with Crippen molar-refractivity contribution in [1.29, 1.82) is 0 Å². The van der Waals surface area contributed by atoms with E-state index in [1.54, 1.807) is 0 Å². The molecule has 0 fully saturated rings. The van der Waals surface area contributed by atoms with E-state index in [1.165, 1.54) is 0 Å². The predicted molar refractivity (Wildman–Crippen MR) is 148 cm³/mol. The summed E-state index contributed by atoms with van der Waals surface area (Å²) in [6.45, 7) is 3.15. The van der Waals surface area contributed by atoms with E-state index in [0.717, 1.165) is 46.7 Å². The monoisotopic (exact) mass is 479 g/mol. The number of nitrogens with zero attached hydrogens (tertiary/aromatic N) is 2. The minimum Gasteiger partial charge on any atom is -0.375 e. The molecule has 1 N–H and O–H groups in total. The van der Waals surface area contributed by atoms with Crippen LogP contribution in [0, 0.1) is 0 Å². The highest BCUT2D eigenvalue weighted by Gasteiger charge is 2.11. The van der Waals surface area contributed by atoms with Crippen LogP contribution < -0.4 is 10.2 Å². The van der Waals surface area contributed by atoms with E-state index in [1.807, 2.05) is 103 Å². The summed E-state index contributed by atoms with van der Waals surface area (Å²) in [4.78, 5) is 27.4. The first-order valence-electron chi connectivity index (χ1n) is 12.4. The fraction of sp³-hybridized carbons (Fsp3) is 0.226. The van der Waals surface area contributed by atoms with Gasteiger partial charge in [0.15, 0.2) is 11.6 Å². The lowest BCUT2D eigenvalue weighted by Crippen LogP contribution is -2.17. The molecule has 0 saturated heterocycles. The molecule has 36 heavy (non-hydrogen) atoms. The van der Waals surface area contributed by atoms with E-state index in [4.69, 9.17) is 0 Å². The van der Waals surface area contributed by atoms with Gasteiger partial charge in [0.25, 0.3) is 0 Å². The van der Waals surface area contributed by atoms with E-state index >= 15 is 0 Å². The van der Waals surface area contributed by atoms with Gasteiger partial charge in [-0.25, -0.2) is 0 Å². The number of benzene rings is 3. The van der Waals surface area contributed by atoms with E-state index in [9.17, 15) is 9.59 Å². The van der Waals surface area contributed by atoms with Crippen molar-refractivity contribution in [2.75, 3.05) is 23.8 Å². The van der Waals surface area contributed by atoms with Crippen molar-refractivity contribution < 1.29 is 9.59 Å². The van der Waals surface area contributed by atoms with Crippen molar-refractivity contribution in [2.24, 2.45) is 7.05 Å². The van der Waals surface area contributed by atoms with Crippen molar-refractivity contribution in [2.45, 2.75) is 26.2 Å². The molecule has 0 aliphatic carbocycles. The van der Waals surface area contributed by atoms with Crippen LogP contribution in [0.3, 0.4) is 0 Å². The summed E-state index contributed by atoms with van der Waals surface area (Å²) in [5.74, 6) is 0.217. The predicted octanol–water partition coefficient (Wildman–Crippen LogP) is 6.47. The second kappa shape index (κ2) is 11.5.